The summed E-state index contributed by atoms with van der Waals surface area (Å²) in [6, 6.07) is 14.8. The van der Waals surface area contributed by atoms with Gasteiger partial charge in [-0.1, -0.05) is 43.5 Å². The first-order valence-corrected chi connectivity index (χ1v) is 15.7. The fraction of sp³-hybridized carbons (Fsp3) is 0.400. The average Bonchev–Trinajstić information content (AvgIpc) is 3.04. The molecule has 1 heterocycles. The van der Waals surface area contributed by atoms with Crippen LogP contribution >= 0.6 is 0 Å². The molecule has 0 bridgehead atoms. The van der Waals surface area contributed by atoms with Crippen LogP contribution in [0.2, 0.25) is 0 Å². The van der Waals surface area contributed by atoms with Gasteiger partial charge in [-0.05, 0) is 44.0 Å². The van der Waals surface area contributed by atoms with E-state index in [1.54, 1.807) is 43.3 Å². The first kappa shape index (κ1) is 29.7. The minimum atomic E-state index is -0.403. The van der Waals surface area contributed by atoms with E-state index in [-0.39, 0.29) is 29.3 Å². The summed E-state index contributed by atoms with van der Waals surface area (Å²) >= 11 is 0. The summed E-state index contributed by atoms with van der Waals surface area (Å²) in [7, 11) is 3.72. The van der Waals surface area contributed by atoms with E-state index in [0.717, 1.165) is 31.9 Å². The van der Waals surface area contributed by atoms with Crippen LogP contribution in [0.1, 0.15) is 81.2 Å². The number of esters is 1. The molecule has 0 amide bonds. The highest BCUT2D eigenvalue weighted by atomic mass is 16.5. The lowest BCUT2D eigenvalue weighted by Crippen LogP contribution is -2.51. The Kier molecular flexibility index (Phi) is 8.31. The molecule has 0 radical (unpaired) electrons. The van der Waals surface area contributed by atoms with Crippen molar-refractivity contribution in [2.45, 2.75) is 45.1 Å². The normalized spacial score (nSPS) is 17.2. The second-order valence-electron chi connectivity index (χ2n) is 12.1. The molecular weight excluding hydrogens is 554 g/mol. The third-order valence-electron chi connectivity index (χ3n) is 9.22. The minimum Gasteiger partial charge on any atom is -0.462 e. The molecule has 3 aliphatic rings. The zero-order valence-corrected chi connectivity index (χ0v) is 25.8. The van der Waals surface area contributed by atoms with Crippen molar-refractivity contribution in [1.82, 2.24) is 4.90 Å². The highest BCUT2D eigenvalue weighted by molar-refractivity contribution is 6.32. The Balaban J connectivity index is 1.40. The lowest BCUT2D eigenvalue weighted by Gasteiger charge is -2.42. The Morgan fingerprint density at radius 1 is 0.932 bits per heavy atom. The van der Waals surface area contributed by atoms with Gasteiger partial charge in [0.05, 0.1) is 46.0 Å². The number of nitrogens with zero attached hydrogens (tertiary/aromatic N) is 3. The number of nitrogens with one attached hydrogen (secondary N) is 1. The fourth-order valence-electron chi connectivity index (χ4n) is 6.95. The Morgan fingerprint density at radius 3 is 2.23 bits per heavy atom. The number of ketones is 2. The van der Waals surface area contributed by atoms with Crippen molar-refractivity contribution in [2.75, 3.05) is 67.7 Å². The molecule has 0 unspecified atom stereocenters. The van der Waals surface area contributed by atoms with Crippen molar-refractivity contribution in [2.24, 2.45) is 0 Å². The van der Waals surface area contributed by atoms with Crippen LogP contribution in [0.3, 0.4) is 0 Å². The standard InChI is InChI=1S/C35H41N5O4/c1-4-44-35(43)26-15-14-22(20-28(26)38(2)3)37-27-21-29(40-18-16-39(17-19-40)23-10-6-5-7-11-23)32(36)31-30(27)33(41)24-12-8-9-13-25(24)34(31)42/h8-9,12-15,20-21,23,37H,4-7,10-11,16-19,36H2,1-3H3. The third kappa shape index (κ3) is 5.41. The zero-order chi connectivity index (χ0) is 31.0. The van der Waals surface area contributed by atoms with Gasteiger partial charge in [-0.2, -0.15) is 0 Å². The summed E-state index contributed by atoms with van der Waals surface area (Å²) in [5.74, 6) is -0.890. The Morgan fingerprint density at radius 2 is 1.59 bits per heavy atom. The summed E-state index contributed by atoms with van der Waals surface area (Å²) in [5, 5.41) is 3.43. The topological polar surface area (TPSA) is 108 Å². The molecule has 6 rings (SSSR count). The number of hydrogen-bond donors (Lipinski definition) is 2. The minimum absolute atomic E-state index is 0.242. The molecule has 3 N–H and O–H groups in total. The van der Waals surface area contributed by atoms with Gasteiger partial charge < -0.3 is 25.6 Å². The van der Waals surface area contributed by atoms with Gasteiger partial charge in [0.25, 0.3) is 0 Å². The number of anilines is 5. The van der Waals surface area contributed by atoms with Crippen LogP contribution in [-0.2, 0) is 4.74 Å². The van der Waals surface area contributed by atoms with Crippen molar-refractivity contribution >= 4 is 46.0 Å². The van der Waals surface area contributed by atoms with E-state index in [4.69, 9.17) is 10.5 Å². The zero-order valence-electron chi connectivity index (χ0n) is 25.8. The highest BCUT2D eigenvalue weighted by Gasteiger charge is 2.36. The highest BCUT2D eigenvalue weighted by Crippen LogP contribution is 2.42. The molecule has 230 valence electrons. The number of ether oxygens (including phenoxy) is 1. The molecular formula is C35H41N5O4. The van der Waals surface area contributed by atoms with Crippen LogP contribution < -0.4 is 20.9 Å². The number of carbonyl (C=O) groups excluding carboxylic acids is 3. The number of fused-ring (bicyclic) bond motifs is 2. The van der Waals surface area contributed by atoms with Gasteiger partial charge >= 0.3 is 5.97 Å². The molecule has 0 spiro atoms. The first-order chi connectivity index (χ1) is 21.3. The van der Waals surface area contributed by atoms with Crippen molar-refractivity contribution in [3.8, 4) is 0 Å². The molecule has 2 fully saturated rings. The van der Waals surface area contributed by atoms with E-state index in [1.165, 1.54) is 32.1 Å². The summed E-state index contributed by atoms with van der Waals surface area (Å²) < 4.78 is 5.26. The van der Waals surface area contributed by atoms with E-state index < -0.39 is 5.97 Å². The van der Waals surface area contributed by atoms with Crippen molar-refractivity contribution in [3.05, 3.63) is 76.3 Å². The van der Waals surface area contributed by atoms with Gasteiger partial charge in [0.15, 0.2) is 11.6 Å². The summed E-state index contributed by atoms with van der Waals surface area (Å²) in [6.45, 7) is 5.49. The molecule has 1 saturated heterocycles. The smallest absolute Gasteiger partial charge is 0.340 e. The molecule has 0 atom stereocenters. The van der Waals surface area contributed by atoms with Gasteiger partial charge in [0.2, 0.25) is 0 Å². The number of carbonyl (C=O) groups is 3. The van der Waals surface area contributed by atoms with Crippen LogP contribution in [0, 0.1) is 0 Å². The molecule has 9 heteroatoms. The van der Waals surface area contributed by atoms with E-state index >= 15 is 0 Å². The van der Waals surface area contributed by atoms with Gasteiger partial charge in [-0.25, -0.2) is 4.79 Å². The summed E-state index contributed by atoms with van der Waals surface area (Å²) in [4.78, 5) is 47.3. The third-order valence-corrected chi connectivity index (χ3v) is 9.22. The van der Waals surface area contributed by atoms with Crippen molar-refractivity contribution in [1.29, 1.82) is 0 Å². The maximum Gasteiger partial charge on any atom is 0.340 e. The predicted molar refractivity (Wildman–Crippen MR) is 175 cm³/mol. The number of benzene rings is 3. The fourth-order valence-corrected chi connectivity index (χ4v) is 6.95. The number of rotatable bonds is 7. The maximum absolute atomic E-state index is 14.0. The van der Waals surface area contributed by atoms with Crippen LogP contribution in [-0.4, -0.2) is 75.4 Å². The molecule has 2 aliphatic carbocycles. The van der Waals surface area contributed by atoms with E-state index in [0.29, 0.717) is 45.5 Å². The number of hydrogen-bond acceptors (Lipinski definition) is 9. The number of piperazine rings is 1. The predicted octanol–water partition coefficient (Wildman–Crippen LogP) is 5.49. The number of nitrogens with two attached hydrogens (primary N) is 1. The van der Waals surface area contributed by atoms with Crippen molar-refractivity contribution in [3.63, 3.8) is 0 Å². The Hall–Kier alpha value is -4.37. The largest absolute Gasteiger partial charge is 0.462 e. The molecule has 9 nitrogen and oxygen atoms in total. The van der Waals surface area contributed by atoms with E-state index in [2.05, 4.69) is 15.1 Å². The summed E-state index contributed by atoms with van der Waals surface area (Å²) in [6.07, 6.45) is 6.44. The van der Waals surface area contributed by atoms with Crippen molar-refractivity contribution < 1.29 is 19.1 Å². The van der Waals surface area contributed by atoms with Crippen LogP contribution in [0.15, 0.2) is 48.5 Å². The average molecular weight is 596 g/mol. The monoisotopic (exact) mass is 595 g/mol. The molecule has 44 heavy (non-hydrogen) atoms. The van der Waals surface area contributed by atoms with Crippen LogP contribution in [0.4, 0.5) is 28.4 Å². The molecule has 3 aromatic rings. The van der Waals surface area contributed by atoms with Gasteiger partial charge in [-0.3, -0.25) is 14.5 Å². The Bertz CT molecular complexity index is 1600. The quantitative estimate of drug-likeness (QED) is 0.212. The maximum atomic E-state index is 14.0. The van der Waals surface area contributed by atoms with E-state index in [1.807, 2.05) is 31.1 Å². The van der Waals surface area contributed by atoms with Gasteiger partial charge in [0, 0.05) is 63.1 Å². The summed E-state index contributed by atoms with van der Waals surface area (Å²) in [5.41, 5.74) is 11.5. The molecule has 1 saturated carbocycles. The van der Waals surface area contributed by atoms with Crippen LogP contribution in [0.25, 0.3) is 0 Å². The van der Waals surface area contributed by atoms with Crippen LogP contribution in [0.5, 0.6) is 0 Å². The lowest BCUT2D eigenvalue weighted by molar-refractivity contribution is 0.0527. The lowest BCUT2D eigenvalue weighted by atomic mass is 9.81. The Labute approximate surface area is 258 Å². The molecule has 3 aromatic carbocycles. The second-order valence-corrected chi connectivity index (χ2v) is 12.1. The SMILES string of the molecule is CCOC(=O)c1ccc(Nc2cc(N3CCN(C4CCCCC4)CC3)c(N)c3c2C(=O)c2ccccc2C3=O)cc1N(C)C. The van der Waals surface area contributed by atoms with Gasteiger partial charge in [0.1, 0.15) is 0 Å². The number of nitrogen functional groups attached to an aromatic ring is 1. The second kappa shape index (κ2) is 12.3. The van der Waals surface area contributed by atoms with Gasteiger partial charge in [-0.15, -0.1) is 0 Å². The first-order valence-electron chi connectivity index (χ1n) is 15.7. The molecule has 1 aliphatic heterocycles. The molecule has 0 aromatic heterocycles. The van der Waals surface area contributed by atoms with E-state index in [9.17, 15) is 14.4 Å².